The molecule has 1 amide bonds. The topological polar surface area (TPSA) is 41.1 Å². The Balaban J connectivity index is 2.29. The van der Waals surface area contributed by atoms with E-state index in [4.69, 9.17) is 0 Å². The second-order valence-corrected chi connectivity index (χ2v) is 5.78. The number of hydrogen-bond acceptors (Lipinski definition) is 2. The third-order valence-electron chi connectivity index (χ3n) is 3.84. The molecule has 3 heteroatoms. The Hall–Kier alpha value is -0.570. The highest BCUT2D eigenvalue weighted by Gasteiger charge is 2.19. The SMILES string of the molecule is CCCC(C)NC(=O)C(C)NC1CCCCCC1. The minimum atomic E-state index is -0.0626. The van der Waals surface area contributed by atoms with Crippen LogP contribution in [0, 0.1) is 0 Å². The van der Waals surface area contributed by atoms with Crippen LogP contribution in [-0.2, 0) is 4.79 Å². The van der Waals surface area contributed by atoms with Crippen molar-refractivity contribution in [2.75, 3.05) is 0 Å². The van der Waals surface area contributed by atoms with Crippen LogP contribution in [0.25, 0.3) is 0 Å². The highest BCUT2D eigenvalue weighted by Crippen LogP contribution is 2.17. The first-order chi connectivity index (χ1) is 8.63. The summed E-state index contributed by atoms with van der Waals surface area (Å²) in [6.45, 7) is 6.22. The molecule has 1 rings (SSSR count). The van der Waals surface area contributed by atoms with Crippen molar-refractivity contribution in [2.24, 2.45) is 0 Å². The summed E-state index contributed by atoms with van der Waals surface area (Å²) in [5.41, 5.74) is 0. The molecule has 0 aliphatic heterocycles. The Kier molecular flexibility index (Phi) is 7.33. The standard InChI is InChI=1S/C15H30N2O/c1-4-9-12(2)16-15(18)13(3)17-14-10-7-5-6-8-11-14/h12-14,17H,4-11H2,1-3H3,(H,16,18). The normalized spacial score (nSPS) is 21.1. The van der Waals surface area contributed by atoms with Crippen molar-refractivity contribution in [1.82, 2.24) is 10.6 Å². The number of carbonyl (C=O) groups excluding carboxylic acids is 1. The first-order valence-corrected chi connectivity index (χ1v) is 7.70. The van der Waals surface area contributed by atoms with Gasteiger partial charge in [-0.1, -0.05) is 39.0 Å². The summed E-state index contributed by atoms with van der Waals surface area (Å²) < 4.78 is 0. The number of hydrogen-bond donors (Lipinski definition) is 2. The largest absolute Gasteiger partial charge is 0.352 e. The lowest BCUT2D eigenvalue weighted by Gasteiger charge is -2.23. The van der Waals surface area contributed by atoms with E-state index in [2.05, 4.69) is 24.5 Å². The Morgan fingerprint density at radius 3 is 2.33 bits per heavy atom. The van der Waals surface area contributed by atoms with Gasteiger partial charge < -0.3 is 10.6 Å². The number of nitrogens with one attached hydrogen (secondary N) is 2. The third kappa shape index (κ3) is 5.85. The lowest BCUT2D eigenvalue weighted by Crippen LogP contribution is -2.48. The van der Waals surface area contributed by atoms with Crippen LogP contribution >= 0.6 is 0 Å². The van der Waals surface area contributed by atoms with Gasteiger partial charge in [-0.25, -0.2) is 0 Å². The highest BCUT2D eigenvalue weighted by molar-refractivity contribution is 5.81. The molecule has 106 valence electrons. The lowest BCUT2D eigenvalue weighted by molar-refractivity contribution is -0.123. The zero-order valence-electron chi connectivity index (χ0n) is 12.3. The second-order valence-electron chi connectivity index (χ2n) is 5.78. The molecule has 0 bridgehead atoms. The average molecular weight is 254 g/mol. The van der Waals surface area contributed by atoms with Crippen LogP contribution in [0.5, 0.6) is 0 Å². The van der Waals surface area contributed by atoms with Crippen molar-refractivity contribution in [3.8, 4) is 0 Å². The minimum Gasteiger partial charge on any atom is -0.352 e. The van der Waals surface area contributed by atoms with Crippen LogP contribution in [0.4, 0.5) is 0 Å². The van der Waals surface area contributed by atoms with Crippen LogP contribution in [0.3, 0.4) is 0 Å². The van der Waals surface area contributed by atoms with E-state index in [1.54, 1.807) is 0 Å². The first kappa shape index (κ1) is 15.5. The Bertz CT molecular complexity index is 235. The molecule has 0 spiro atoms. The summed E-state index contributed by atoms with van der Waals surface area (Å²) in [6.07, 6.45) is 9.94. The van der Waals surface area contributed by atoms with Crippen LogP contribution in [0.15, 0.2) is 0 Å². The van der Waals surface area contributed by atoms with Gasteiger partial charge in [-0.3, -0.25) is 4.79 Å². The molecule has 3 nitrogen and oxygen atoms in total. The first-order valence-electron chi connectivity index (χ1n) is 7.70. The van der Waals surface area contributed by atoms with Gasteiger partial charge in [0.2, 0.25) is 5.91 Å². The summed E-state index contributed by atoms with van der Waals surface area (Å²) in [4.78, 5) is 12.0. The molecule has 1 fully saturated rings. The molecule has 0 aromatic carbocycles. The lowest BCUT2D eigenvalue weighted by atomic mass is 10.1. The number of rotatable bonds is 6. The monoisotopic (exact) mass is 254 g/mol. The van der Waals surface area contributed by atoms with Gasteiger partial charge in [0.25, 0.3) is 0 Å². The van der Waals surface area contributed by atoms with Crippen molar-refractivity contribution in [2.45, 2.75) is 90.3 Å². The molecule has 1 aliphatic rings. The number of amides is 1. The van der Waals surface area contributed by atoms with E-state index in [0.717, 1.165) is 12.8 Å². The predicted molar refractivity (Wildman–Crippen MR) is 76.6 cm³/mol. The highest BCUT2D eigenvalue weighted by atomic mass is 16.2. The van der Waals surface area contributed by atoms with Crippen molar-refractivity contribution in [3.63, 3.8) is 0 Å². The van der Waals surface area contributed by atoms with E-state index in [0.29, 0.717) is 12.1 Å². The Morgan fingerprint density at radius 2 is 1.78 bits per heavy atom. The Morgan fingerprint density at radius 1 is 1.17 bits per heavy atom. The van der Waals surface area contributed by atoms with Gasteiger partial charge >= 0.3 is 0 Å². The maximum atomic E-state index is 12.0. The number of carbonyl (C=O) groups is 1. The quantitative estimate of drug-likeness (QED) is 0.715. The maximum absolute atomic E-state index is 12.0. The molecule has 0 radical (unpaired) electrons. The van der Waals surface area contributed by atoms with Gasteiger partial charge in [-0.15, -0.1) is 0 Å². The van der Waals surface area contributed by atoms with E-state index in [1.807, 2.05) is 6.92 Å². The summed E-state index contributed by atoms with van der Waals surface area (Å²) in [5, 5.41) is 6.58. The molecular formula is C15H30N2O. The third-order valence-corrected chi connectivity index (χ3v) is 3.84. The zero-order valence-corrected chi connectivity index (χ0v) is 12.3. The van der Waals surface area contributed by atoms with Crippen molar-refractivity contribution < 1.29 is 4.79 Å². The van der Waals surface area contributed by atoms with Crippen LogP contribution in [0.2, 0.25) is 0 Å². The molecule has 0 heterocycles. The summed E-state index contributed by atoms with van der Waals surface area (Å²) in [6, 6.07) is 0.767. The predicted octanol–water partition coefficient (Wildman–Crippen LogP) is 2.99. The van der Waals surface area contributed by atoms with Gasteiger partial charge in [0.05, 0.1) is 6.04 Å². The molecule has 1 aliphatic carbocycles. The molecule has 2 N–H and O–H groups in total. The zero-order chi connectivity index (χ0) is 13.4. The maximum Gasteiger partial charge on any atom is 0.237 e. The fourth-order valence-electron chi connectivity index (χ4n) is 2.75. The average Bonchev–Trinajstić information content (AvgIpc) is 2.57. The van der Waals surface area contributed by atoms with Crippen LogP contribution in [-0.4, -0.2) is 24.0 Å². The fraction of sp³-hybridized carbons (Fsp3) is 0.933. The van der Waals surface area contributed by atoms with Gasteiger partial charge in [-0.05, 0) is 33.1 Å². The molecule has 2 unspecified atom stereocenters. The summed E-state index contributed by atoms with van der Waals surface area (Å²) in [5.74, 6) is 0.153. The van der Waals surface area contributed by atoms with Gasteiger partial charge in [0.15, 0.2) is 0 Å². The van der Waals surface area contributed by atoms with Crippen molar-refractivity contribution in [1.29, 1.82) is 0 Å². The van der Waals surface area contributed by atoms with E-state index in [-0.39, 0.29) is 11.9 Å². The van der Waals surface area contributed by atoms with Crippen LogP contribution < -0.4 is 10.6 Å². The van der Waals surface area contributed by atoms with Gasteiger partial charge in [-0.2, -0.15) is 0 Å². The molecule has 0 aromatic rings. The molecule has 0 aromatic heterocycles. The van der Waals surface area contributed by atoms with E-state index >= 15 is 0 Å². The minimum absolute atomic E-state index is 0.0626. The van der Waals surface area contributed by atoms with E-state index in [1.165, 1.54) is 38.5 Å². The van der Waals surface area contributed by atoms with Crippen molar-refractivity contribution >= 4 is 5.91 Å². The van der Waals surface area contributed by atoms with Gasteiger partial charge in [0.1, 0.15) is 0 Å². The Labute approximate surface area is 112 Å². The second kappa shape index (κ2) is 8.52. The molecular weight excluding hydrogens is 224 g/mol. The molecule has 1 saturated carbocycles. The molecule has 2 atom stereocenters. The fourth-order valence-corrected chi connectivity index (χ4v) is 2.75. The van der Waals surface area contributed by atoms with Gasteiger partial charge in [0, 0.05) is 12.1 Å². The van der Waals surface area contributed by atoms with E-state index in [9.17, 15) is 4.79 Å². The molecule has 0 saturated heterocycles. The van der Waals surface area contributed by atoms with E-state index < -0.39 is 0 Å². The summed E-state index contributed by atoms with van der Waals surface area (Å²) in [7, 11) is 0. The van der Waals surface area contributed by atoms with Crippen molar-refractivity contribution in [3.05, 3.63) is 0 Å². The van der Waals surface area contributed by atoms with Crippen LogP contribution in [0.1, 0.15) is 72.1 Å². The summed E-state index contributed by atoms with van der Waals surface area (Å²) >= 11 is 0. The smallest absolute Gasteiger partial charge is 0.237 e. The molecule has 18 heavy (non-hydrogen) atoms.